The highest BCUT2D eigenvalue weighted by Gasteiger charge is 2.24. The zero-order chi connectivity index (χ0) is 22.4. The Labute approximate surface area is 179 Å². The molecule has 1 aromatic heterocycles. The quantitative estimate of drug-likeness (QED) is 0.621. The molecule has 1 fully saturated rings. The molecular weight excluding hydrogens is 405 g/mol. The fourth-order valence-electron chi connectivity index (χ4n) is 3.56. The lowest BCUT2D eigenvalue weighted by Gasteiger charge is -2.30. The molecule has 31 heavy (non-hydrogen) atoms. The van der Waals surface area contributed by atoms with Crippen LogP contribution in [0.2, 0.25) is 0 Å². The van der Waals surface area contributed by atoms with Crippen LogP contribution in [0.4, 0.5) is 15.9 Å². The fraction of sp³-hybridized carbons (Fsp3) is 0.476. The lowest BCUT2D eigenvalue weighted by atomic mass is 10.1. The maximum absolute atomic E-state index is 13.1. The van der Waals surface area contributed by atoms with Crippen molar-refractivity contribution in [3.63, 3.8) is 0 Å². The van der Waals surface area contributed by atoms with Crippen molar-refractivity contribution < 1.29 is 13.9 Å². The molecule has 1 aliphatic rings. The van der Waals surface area contributed by atoms with Gasteiger partial charge >= 0.3 is 5.69 Å². The molecule has 9 nitrogen and oxygen atoms in total. The predicted molar refractivity (Wildman–Crippen MR) is 116 cm³/mol. The van der Waals surface area contributed by atoms with Gasteiger partial charge in [0.05, 0.1) is 13.2 Å². The first-order chi connectivity index (χ1) is 14.9. The number of anilines is 2. The third kappa shape index (κ3) is 5.32. The molecule has 1 aromatic carbocycles. The minimum Gasteiger partial charge on any atom is -0.383 e. The molecule has 0 aliphatic carbocycles. The Hall–Kier alpha value is -3.14. The summed E-state index contributed by atoms with van der Waals surface area (Å²) in [5.74, 6) is -0.663. The number of amides is 1. The van der Waals surface area contributed by atoms with Gasteiger partial charge in [-0.2, -0.15) is 0 Å². The summed E-state index contributed by atoms with van der Waals surface area (Å²) in [4.78, 5) is 40.2. The smallest absolute Gasteiger partial charge is 0.333 e. The second-order valence-electron chi connectivity index (χ2n) is 7.39. The highest BCUT2D eigenvalue weighted by atomic mass is 19.1. The summed E-state index contributed by atoms with van der Waals surface area (Å²) in [6, 6.07) is 6.00. The fourth-order valence-corrected chi connectivity index (χ4v) is 3.56. The number of carbonyl (C=O) groups excluding carboxylic acids is 1. The van der Waals surface area contributed by atoms with Crippen LogP contribution in [0.3, 0.4) is 0 Å². The zero-order valence-corrected chi connectivity index (χ0v) is 17.6. The van der Waals surface area contributed by atoms with Gasteiger partial charge < -0.3 is 20.7 Å². The van der Waals surface area contributed by atoms with Crippen LogP contribution in [0.15, 0.2) is 33.9 Å². The number of carbonyl (C=O) groups is 1. The van der Waals surface area contributed by atoms with E-state index in [1.165, 1.54) is 16.7 Å². The van der Waals surface area contributed by atoms with Crippen LogP contribution in [-0.2, 0) is 29.0 Å². The van der Waals surface area contributed by atoms with Gasteiger partial charge in [-0.1, -0.05) is 19.1 Å². The summed E-state index contributed by atoms with van der Waals surface area (Å²) < 4.78 is 20.6. The molecule has 3 rings (SSSR count). The summed E-state index contributed by atoms with van der Waals surface area (Å²) in [5.41, 5.74) is 6.12. The van der Waals surface area contributed by atoms with E-state index in [0.29, 0.717) is 52.2 Å². The van der Waals surface area contributed by atoms with Crippen molar-refractivity contribution in [2.75, 3.05) is 43.5 Å². The molecule has 10 heteroatoms. The normalized spacial score (nSPS) is 13.9. The predicted octanol–water partition coefficient (Wildman–Crippen LogP) is 0.337. The lowest BCUT2D eigenvalue weighted by molar-refractivity contribution is -0.121. The van der Waals surface area contributed by atoms with Gasteiger partial charge in [0.25, 0.3) is 5.56 Å². The van der Waals surface area contributed by atoms with E-state index in [1.54, 1.807) is 17.0 Å². The van der Waals surface area contributed by atoms with E-state index in [2.05, 4.69) is 5.32 Å². The van der Waals surface area contributed by atoms with Crippen LogP contribution in [0.1, 0.15) is 18.9 Å². The molecule has 0 unspecified atom stereocenters. The van der Waals surface area contributed by atoms with E-state index < -0.39 is 23.7 Å². The van der Waals surface area contributed by atoms with E-state index in [4.69, 9.17) is 10.5 Å². The molecule has 1 aliphatic heterocycles. The summed E-state index contributed by atoms with van der Waals surface area (Å²) in [6.45, 7) is 4.01. The largest absolute Gasteiger partial charge is 0.383 e. The molecule has 0 radical (unpaired) electrons. The Morgan fingerprint density at radius 3 is 2.48 bits per heavy atom. The van der Waals surface area contributed by atoms with Gasteiger partial charge in [0, 0.05) is 26.2 Å². The highest BCUT2D eigenvalue weighted by molar-refractivity contribution is 5.76. The molecule has 1 amide bonds. The number of halogens is 1. The van der Waals surface area contributed by atoms with E-state index in [1.807, 2.05) is 6.92 Å². The number of ether oxygens (including phenoxy) is 1. The van der Waals surface area contributed by atoms with Crippen LogP contribution in [0.25, 0.3) is 0 Å². The Kier molecular flexibility index (Phi) is 7.45. The molecule has 168 valence electrons. The average Bonchev–Trinajstić information content (AvgIpc) is 2.76. The van der Waals surface area contributed by atoms with Crippen LogP contribution in [-0.4, -0.2) is 47.9 Å². The van der Waals surface area contributed by atoms with E-state index in [9.17, 15) is 18.8 Å². The number of nitrogens with zero attached hydrogens (tertiary/aromatic N) is 3. The van der Waals surface area contributed by atoms with Crippen molar-refractivity contribution >= 4 is 17.4 Å². The van der Waals surface area contributed by atoms with Gasteiger partial charge in [0.15, 0.2) is 0 Å². The number of hydrogen-bond acceptors (Lipinski definition) is 6. The first kappa shape index (κ1) is 22.5. The van der Waals surface area contributed by atoms with Gasteiger partial charge in [-0.25, -0.2) is 13.8 Å². The number of nitrogens with two attached hydrogens (primary N) is 1. The van der Waals surface area contributed by atoms with Crippen molar-refractivity contribution in [2.45, 2.75) is 32.9 Å². The summed E-state index contributed by atoms with van der Waals surface area (Å²) in [7, 11) is 0. The summed E-state index contributed by atoms with van der Waals surface area (Å²) in [5, 5.41) is 2.71. The molecule has 0 saturated carbocycles. The molecular formula is C21H28FN5O4. The van der Waals surface area contributed by atoms with Gasteiger partial charge in [0.1, 0.15) is 23.9 Å². The van der Waals surface area contributed by atoms with Crippen molar-refractivity contribution in [1.82, 2.24) is 14.5 Å². The maximum atomic E-state index is 13.1. The lowest BCUT2D eigenvalue weighted by Crippen LogP contribution is -2.49. The minimum atomic E-state index is -0.602. The zero-order valence-electron chi connectivity index (χ0n) is 17.6. The molecule has 0 spiro atoms. The molecule has 1 saturated heterocycles. The van der Waals surface area contributed by atoms with Crippen molar-refractivity contribution in [2.24, 2.45) is 0 Å². The Morgan fingerprint density at radius 2 is 1.84 bits per heavy atom. The number of hydrogen-bond donors (Lipinski definition) is 2. The topological polar surface area (TPSA) is 112 Å². The van der Waals surface area contributed by atoms with Crippen molar-refractivity contribution in [3.05, 3.63) is 56.5 Å². The van der Waals surface area contributed by atoms with Crippen LogP contribution < -0.4 is 27.2 Å². The standard InChI is InChI=1S/C21H28FN5O4/c1-2-9-26-19(23)18(25-10-12-31-13-11-25)20(29)27(21(26)30)14-17(28)24-8-7-15-3-5-16(22)6-4-15/h3-6H,2,7-14,23H2,1H3,(H,24,28). The van der Waals surface area contributed by atoms with E-state index >= 15 is 0 Å². The molecule has 3 N–H and O–H groups in total. The number of nitrogen functional groups attached to an aromatic ring is 1. The molecule has 0 atom stereocenters. The Bertz CT molecular complexity index is 1030. The molecule has 0 bridgehead atoms. The summed E-state index contributed by atoms with van der Waals surface area (Å²) >= 11 is 0. The Balaban J connectivity index is 1.79. The number of nitrogens with one attached hydrogen (secondary N) is 1. The second kappa shape index (κ2) is 10.3. The maximum Gasteiger partial charge on any atom is 0.333 e. The molecule has 2 aromatic rings. The van der Waals surface area contributed by atoms with Crippen LogP contribution in [0.5, 0.6) is 0 Å². The summed E-state index contributed by atoms with van der Waals surface area (Å²) in [6.07, 6.45) is 1.15. The number of rotatable bonds is 8. The first-order valence-corrected chi connectivity index (χ1v) is 10.4. The van der Waals surface area contributed by atoms with Crippen molar-refractivity contribution in [1.29, 1.82) is 0 Å². The van der Waals surface area contributed by atoms with E-state index in [0.717, 1.165) is 10.1 Å². The van der Waals surface area contributed by atoms with Gasteiger partial charge in [-0.3, -0.25) is 14.2 Å². The molecule has 2 heterocycles. The van der Waals surface area contributed by atoms with Crippen LogP contribution >= 0.6 is 0 Å². The van der Waals surface area contributed by atoms with Gasteiger partial charge in [-0.15, -0.1) is 0 Å². The SMILES string of the molecule is CCCn1c(N)c(N2CCOCC2)c(=O)n(CC(=O)NCCc2ccc(F)cc2)c1=O. The third-order valence-corrected chi connectivity index (χ3v) is 5.17. The first-order valence-electron chi connectivity index (χ1n) is 10.4. The monoisotopic (exact) mass is 433 g/mol. The second-order valence-corrected chi connectivity index (χ2v) is 7.39. The average molecular weight is 433 g/mol. The van der Waals surface area contributed by atoms with Gasteiger partial charge in [0.2, 0.25) is 5.91 Å². The minimum absolute atomic E-state index is 0.117. The van der Waals surface area contributed by atoms with Crippen molar-refractivity contribution in [3.8, 4) is 0 Å². The van der Waals surface area contributed by atoms with Gasteiger partial charge in [-0.05, 0) is 30.5 Å². The highest BCUT2D eigenvalue weighted by Crippen LogP contribution is 2.18. The van der Waals surface area contributed by atoms with Crippen LogP contribution in [0, 0.1) is 5.82 Å². The third-order valence-electron chi connectivity index (χ3n) is 5.17. The Morgan fingerprint density at radius 1 is 1.16 bits per heavy atom. The van der Waals surface area contributed by atoms with E-state index in [-0.39, 0.29) is 17.3 Å². The number of benzene rings is 1. The number of morpholine rings is 1. The number of aromatic nitrogens is 2.